The molecule has 1 nitrogen and oxygen atoms in total. The van der Waals surface area contributed by atoms with E-state index in [0.29, 0.717) is 0 Å². The van der Waals surface area contributed by atoms with E-state index in [1.165, 1.54) is 6.07 Å². The number of hydrogen-bond donors (Lipinski definition) is 1. The second kappa shape index (κ2) is 3.06. The average molecular weight is 195 g/mol. The molecule has 12 heavy (non-hydrogen) atoms. The van der Waals surface area contributed by atoms with E-state index < -0.39 is 12.2 Å². The van der Waals surface area contributed by atoms with Crippen LogP contribution in [0.5, 0.6) is 0 Å². The summed E-state index contributed by atoms with van der Waals surface area (Å²) in [5.41, 5.74) is 4.97. The molecule has 0 amide bonds. The largest absolute Gasteiger partial charge is 0.408 e. The van der Waals surface area contributed by atoms with Crippen molar-refractivity contribution in [3.05, 3.63) is 21.9 Å². The van der Waals surface area contributed by atoms with E-state index >= 15 is 0 Å². The molecular formula is C7H8F3NS. The summed E-state index contributed by atoms with van der Waals surface area (Å²) in [4.78, 5) is 1.00. The van der Waals surface area contributed by atoms with Gasteiger partial charge in [-0.2, -0.15) is 13.2 Å². The first kappa shape index (κ1) is 9.54. The minimum Gasteiger partial charge on any atom is -0.316 e. The highest BCUT2D eigenvalue weighted by atomic mass is 32.1. The van der Waals surface area contributed by atoms with E-state index in [0.717, 1.165) is 16.2 Å². The van der Waals surface area contributed by atoms with E-state index in [4.69, 9.17) is 5.73 Å². The lowest BCUT2D eigenvalue weighted by molar-refractivity contribution is -0.148. The third-order valence-electron chi connectivity index (χ3n) is 1.42. The number of alkyl halides is 3. The van der Waals surface area contributed by atoms with E-state index in [1.54, 1.807) is 13.0 Å². The van der Waals surface area contributed by atoms with Crippen LogP contribution in [0.4, 0.5) is 13.2 Å². The van der Waals surface area contributed by atoms with E-state index in [-0.39, 0.29) is 4.88 Å². The minimum atomic E-state index is -4.34. The highest BCUT2D eigenvalue weighted by Gasteiger charge is 2.38. The SMILES string of the molecule is Cc1ccc([C@H](N)C(F)(F)F)s1. The quantitative estimate of drug-likeness (QED) is 0.732. The van der Waals surface area contributed by atoms with Crippen molar-refractivity contribution in [2.75, 3.05) is 0 Å². The maximum Gasteiger partial charge on any atom is 0.408 e. The van der Waals surface area contributed by atoms with Crippen LogP contribution in [-0.4, -0.2) is 6.18 Å². The monoisotopic (exact) mass is 195 g/mol. The summed E-state index contributed by atoms with van der Waals surface area (Å²) in [7, 11) is 0. The van der Waals surface area contributed by atoms with Crippen LogP contribution < -0.4 is 5.73 Å². The average Bonchev–Trinajstić information content (AvgIpc) is 2.32. The molecule has 1 atom stereocenters. The lowest BCUT2D eigenvalue weighted by Gasteiger charge is -2.12. The number of thiophene rings is 1. The standard InChI is InChI=1S/C7H8F3NS/c1-4-2-3-5(12-4)6(11)7(8,9)10/h2-3,6H,11H2,1H3/t6-/m0/s1. The fraction of sp³-hybridized carbons (Fsp3) is 0.429. The van der Waals surface area contributed by atoms with Crippen LogP contribution in [0, 0.1) is 6.92 Å². The van der Waals surface area contributed by atoms with Gasteiger partial charge in [-0.15, -0.1) is 11.3 Å². The van der Waals surface area contributed by atoms with Crippen molar-refractivity contribution in [1.29, 1.82) is 0 Å². The van der Waals surface area contributed by atoms with Gasteiger partial charge in [-0.1, -0.05) is 0 Å². The van der Waals surface area contributed by atoms with Crippen LogP contribution in [0.3, 0.4) is 0 Å². The van der Waals surface area contributed by atoms with Gasteiger partial charge in [0, 0.05) is 9.75 Å². The van der Waals surface area contributed by atoms with Gasteiger partial charge >= 0.3 is 6.18 Å². The topological polar surface area (TPSA) is 26.0 Å². The Kier molecular flexibility index (Phi) is 2.44. The Morgan fingerprint density at radius 3 is 2.33 bits per heavy atom. The highest BCUT2D eigenvalue weighted by molar-refractivity contribution is 7.12. The first-order chi connectivity index (χ1) is 5.41. The normalized spacial score (nSPS) is 14.8. The van der Waals surface area contributed by atoms with Crippen LogP contribution in [0.2, 0.25) is 0 Å². The molecule has 0 fully saturated rings. The van der Waals surface area contributed by atoms with Crippen molar-refractivity contribution in [2.24, 2.45) is 5.73 Å². The van der Waals surface area contributed by atoms with Gasteiger partial charge in [0.15, 0.2) is 0 Å². The van der Waals surface area contributed by atoms with Crippen molar-refractivity contribution in [3.63, 3.8) is 0 Å². The maximum absolute atomic E-state index is 12.0. The summed E-state index contributed by atoms with van der Waals surface area (Å²) in [5, 5.41) is 0. The predicted molar refractivity (Wildman–Crippen MR) is 42.0 cm³/mol. The van der Waals surface area contributed by atoms with Crippen LogP contribution >= 0.6 is 11.3 Å². The highest BCUT2D eigenvalue weighted by Crippen LogP contribution is 2.33. The van der Waals surface area contributed by atoms with Gasteiger partial charge in [-0.25, -0.2) is 0 Å². The number of aryl methyl sites for hydroxylation is 1. The van der Waals surface area contributed by atoms with E-state index in [9.17, 15) is 13.2 Å². The number of halogens is 3. The second-order valence-corrected chi connectivity index (χ2v) is 3.79. The lowest BCUT2D eigenvalue weighted by Crippen LogP contribution is -2.27. The minimum absolute atomic E-state index is 0.167. The molecule has 68 valence electrons. The molecule has 0 aliphatic heterocycles. The summed E-state index contributed by atoms with van der Waals surface area (Å²) in [6.45, 7) is 1.75. The summed E-state index contributed by atoms with van der Waals surface area (Å²) < 4.78 is 36.1. The van der Waals surface area contributed by atoms with Gasteiger partial charge in [0.2, 0.25) is 0 Å². The zero-order chi connectivity index (χ0) is 9.35. The Morgan fingerprint density at radius 1 is 1.42 bits per heavy atom. The third-order valence-corrected chi connectivity index (χ3v) is 2.50. The summed E-state index contributed by atoms with van der Waals surface area (Å²) in [6, 6.07) is 1.21. The Hall–Kier alpha value is -0.550. The zero-order valence-electron chi connectivity index (χ0n) is 6.35. The lowest BCUT2D eigenvalue weighted by atomic mass is 10.2. The molecule has 0 radical (unpaired) electrons. The summed E-state index contributed by atoms with van der Waals surface area (Å²) in [5.74, 6) is 0. The molecule has 0 bridgehead atoms. The molecule has 2 N–H and O–H groups in total. The van der Waals surface area contributed by atoms with Gasteiger partial charge in [-0.05, 0) is 19.1 Å². The van der Waals surface area contributed by atoms with Gasteiger partial charge in [0.25, 0.3) is 0 Å². The molecule has 1 aromatic heterocycles. The van der Waals surface area contributed by atoms with Gasteiger partial charge < -0.3 is 5.73 Å². The molecule has 1 heterocycles. The Morgan fingerprint density at radius 2 is 2.00 bits per heavy atom. The number of hydrogen-bond acceptors (Lipinski definition) is 2. The van der Waals surface area contributed by atoms with Crippen LogP contribution in [-0.2, 0) is 0 Å². The third kappa shape index (κ3) is 1.98. The maximum atomic E-state index is 12.0. The molecule has 0 aliphatic carbocycles. The number of nitrogens with two attached hydrogens (primary N) is 1. The Balaban J connectivity index is 2.85. The molecule has 1 aromatic rings. The molecule has 0 spiro atoms. The van der Waals surface area contributed by atoms with Crippen molar-refractivity contribution in [2.45, 2.75) is 19.1 Å². The van der Waals surface area contributed by atoms with Crippen LogP contribution in [0.15, 0.2) is 12.1 Å². The zero-order valence-corrected chi connectivity index (χ0v) is 7.17. The van der Waals surface area contributed by atoms with Gasteiger partial charge in [0.05, 0.1) is 0 Å². The van der Waals surface area contributed by atoms with Gasteiger partial charge in [-0.3, -0.25) is 0 Å². The summed E-state index contributed by atoms with van der Waals surface area (Å²) in [6.07, 6.45) is -4.34. The Bertz CT molecular complexity index is 266. The molecule has 0 aliphatic rings. The molecule has 5 heteroatoms. The van der Waals surface area contributed by atoms with Crippen molar-refractivity contribution in [3.8, 4) is 0 Å². The van der Waals surface area contributed by atoms with Crippen molar-refractivity contribution in [1.82, 2.24) is 0 Å². The first-order valence-corrected chi connectivity index (χ1v) is 4.11. The molecule has 0 aromatic carbocycles. The first-order valence-electron chi connectivity index (χ1n) is 3.30. The molecule has 0 saturated carbocycles. The molecule has 0 saturated heterocycles. The summed E-state index contributed by atoms with van der Waals surface area (Å²) >= 11 is 1.08. The molecule has 1 rings (SSSR count). The molecule has 0 unspecified atom stereocenters. The van der Waals surface area contributed by atoms with Crippen molar-refractivity contribution >= 4 is 11.3 Å². The fourth-order valence-electron chi connectivity index (χ4n) is 0.782. The Labute approximate surface area is 72.0 Å². The van der Waals surface area contributed by atoms with Gasteiger partial charge in [0.1, 0.15) is 6.04 Å². The van der Waals surface area contributed by atoms with E-state index in [1.807, 2.05) is 0 Å². The smallest absolute Gasteiger partial charge is 0.316 e. The fourth-order valence-corrected chi connectivity index (χ4v) is 1.69. The van der Waals surface area contributed by atoms with E-state index in [2.05, 4.69) is 0 Å². The van der Waals surface area contributed by atoms with Crippen LogP contribution in [0.1, 0.15) is 15.8 Å². The number of rotatable bonds is 1. The predicted octanol–water partition coefficient (Wildman–Crippen LogP) is 2.62. The second-order valence-electron chi connectivity index (χ2n) is 2.47. The molecular weight excluding hydrogens is 187 g/mol. The van der Waals surface area contributed by atoms with Crippen molar-refractivity contribution < 1.29 is 13.2 Å². The van der Waals surface area contributed by atoms with Crippen LogP contribution in [0.25, 0.3) is 0 Å².